The van der Waals surface area contributed by atoms with Gasteiger partial charge in [0.05, 0.1) is 11.7 Å². The normalized spacial score (nSPS) is 18.8. The van der Waals surface area contributed by atoms with Gasteiger partial charge < -0.3 is 15.9 Å². The predicted molar refractivity (Wildman–Crippen MR) is 103 cm³/mol. The van der Waals surface area contributed by atoms with Crippen molar-refractivity contribution in [2.24, 2.45) is 12.2 Å². The lowest BCUT2D eigenvalue weighted by Gasteiger charge is -2.50. The zero-order valence-corrected chi connectivity index (χ0v) is 17.6. The third-order valence-electron chi connectivity index (χ3n) is 4.18. The first-order valence-corrected chi connectivity index (χ1v) is 10.6. The van der Waals surface area contributed by atoms with Crippen molar-refractivity contribution in [3.8, 4) is 0 Å². The smallest absolute Gasteiger partial charge is 0.362 e. The molecule has 0 radical (unpaired) electrons. The third kappa shape index (κ3) is 4.10. The number of amides is 2. The molecule has 3 heterocycles. The highest BCUT2D eigenvalue weighted by atomic mass is 32.2. The Morgan fingerprint density at radius 1 is 1.50 bits per heavy atom. The summed E-state index contributed by atoms with van der Waals surface area (Å²) >= 11 is 1.06. The zero-order valence-electron chi connectivity index (χ0n) is 16.0. The number of nitrogens with zero attached hydrogens (tertiary/aromatic N) is 6. The molecule has 1 saturated heterocycles. The highest BCUT2D eigenvalue weighted by molar-refractivity contribution is 7.84. The van der Waals surface area contributed by atoms with Crippen LogP contribution in [-0.2, 0) is 38.4 Å². The molecule has 30 heavy (non-hydrogen) atoms. The largest absolute Gasteiger partial charge is 0.388 e. The Kier molecular flexibility index (Phi) is 5.48. The van der Waals surface area contributed by atoms with E-state index in [1.807, 2.05) is 0 Å². The average Bonchev–Trinajstić information content (AvgIpc) is 3.23. The lowest BCUT2D eigenvalue weighted by Crippen LogP contribution is -2.77. The van der Waals surface area contributed by atoms with Crippen LogP contribution in [0.1, 0.15) is 25.2 Å². The number of rotatable bonds is 7. The van der Waals surface area contributed by atoms with Crippen molar-refractivity contribution < 1.29 is 27.4 Å². The number of hydrogen-bond acceptors (Lipinski definition) is 11. The van der Waals surface area contributed by atoms with Gasteiger partial charge in [-0.25, -0.2) is 9.29 Å². The molecule has 1 aliphatic heterocycles. The number of aromatic nitrogens is 4. The summed E-state index contributed by atoms with van der Waals surface area (Å²) < 4.78 is 33.7. The van der Waals surface area contributed by atoms with Gasteiger partial charge in [0.2, 0.25) is 0 Å². The second-order valence-corrected chi connectivity index (χ2v) is 8.96. The maximum atomic E-state index is 12.8. The molecule has 0 saturated carbocycles. The summed E-state index contributed by atoms with van der Waals surface area (Å²) in [7, 11) is -3.10. The van der Waals surface area contributed by atoms with Crippen LogP contribution in [0.3, 0.4) is 0 Å². The molecule has 16 heteroatoms. The van der Waals surface area contributed by atoms with Gasteiger partial charge in [0, 0.05) is 12.4 Å². The first-order valence-electron chi connectivity index (χ1n) is 8.30. The monoisotopic (exact) mass is 458 g/mol. The van der Waals surface area contributed by atoms with Crippen molar-refractivity contribution in [2.45, 2.75) is 32.0 Å². The van der Waals surface area contributed by atoms with Gasteiger partial charge >= 0.3 is 10.3 Å². The molecule has 0 bridgehead atoms. The molecule has 2 amide bonds. The van der Waals surface area contributed by atoms with E-state index >= 15 is 0 Å². The summed E-state index contributed by atoms with van der Waals surface area (Å²) in [5, 5.41) is 15.4. The van der Waals surface area contributed by atoms with E-state index in [9.17, 15) is 22.6 Å². The number of β-lactam (4-membered cyclic amide) rings is 1. The second-order valence-electron chi connectivity index (χ2n) is 6.81. The van der Waals surface area contributed by atoms with Crippen molar-refractivity contribution in [2.75, 3.05) is 5.73 Å². The van der Waals surface area contributed by atoms with Gasteiger partial charge in [0.25, 0.3) is 11.8 Å². The number of thiazole rings is 1. The van der Waals surface area contributed by atoms with Gasteiger partial charge in [-0.15, -0.1) is 16.4 Å². The minimum Gasteiger partial charge on any atom is -0.388 e. The van der Waals surface area contributed by atoms with Crippen LogP contribution in [0.4, 0.5) is 5.13 Å². The summed E-state index contributed by atoms with van der Waals surface area (Å²) in [6.45, 7) is 2.65. The Morgan fingerprint density at radius 3 is 2.70 bits per heavy atom. The number of nitrogens with one attached hydrogen (secondary N) is 1. The van der Waals surface area contributed by atoms with Crippen LogP contribution in [0, 0.1) is 0 Å². The summed E-state index contributed by atoms with van der Waals surface area (Å²) in [6, 6.07) is -1.23. The van der Waals surface area contributed by atoms with Crippen molar-refractivity contribution in [3.63, 3.8) is 0 Å². The zero-order chi connectivity index (χ0) is 22.3. The van der Waals surface area contributed by atoms with Gasteiger partial charge in [-0.05, 0) is 13.8 Å². The van der Waals surface area contributed by atoms with E-state index in [-0.39, 0.29) is 27.4 Å². The van der Waals surface area contributed by atoms with Gasteiger partial charge in [-0.3, -0.25) is 18.8 Å². The molecule has 0 spiro atoms. The lowest BCUT2D eigenvalue weighted by molar-refractivity contribution is -0.151. The van der Waals surface area contributed by atoms with E-state index in [0.29, 0.717) is 5.69 Å². The van der Waals surface area contributed by atoms with E-state index in [1.54, 1.807) is 13.2 Å². The summed E-state index contributed by atoms with van der Waals surface area (Å²) in [6.07, 6.45) is 1.59. The van der Waals surface area contributed by atoms with Crippen LogP contribution >= 0.6 is 11.3 Å². The topological polar surface area (TPSA) is 195 Å². The van der Waals surface area contributed by atoms with E-state index in [4.69, 9.17) is 10.6 Å². The number of carbonyl (C=O) groups excluding carboxylic acids is 2. The molecule has 0 unspecified atom stereocenters. The van der Waals surface area contributed by atoms with Gasteiger partial charge in [-0.2, -0.15) is 8.42 Å². The lowest BCUT2D eigenvalue weighted by atomic mass is 9.85. The average molecular weight is 458 g/mol. The minimum atomic E-state index is -4.77. The molecule has 4 N–H and O–H groups in total. The fraction of sp³-hybridized carbons (Fsp3) is 0.429. The predicted octanol–water partition coefficient (Wildman–Crippen LogP) is -1.32. The minimum absolute atomic E-state index is 0.0887. The quantitative estimate of drug-likeness (QED) is 0.194. The van der Waals surface area contributed by atoms with Crippen molar-refractivity contribution in [3.05, 3.63) is 23.0 Å². The van der Waals surface area contributed by atoms with Gasteiger partial charge in [0.1, 0.15) is 17.4 Å². The molecule has 1 aliphatic rings. The Hall–Kier alpha value is -3.11. The molecule has 162 valence electrons. The summed E-state index contributed by atoms with van der Waals surface area (Å²) in [4.78, 5) is 34.1. The summed E-state index contributed by atoms with van der Waals surface area (Å²) in [5.41, 5.74) is 4.50. The molecule has 0 aromatic carbocycles. The third-order valence-corrected chi connectivity index (χ3v) is 5.97. The van der Waals surface area contributed by atoms with Crippen LogP contribution in [0.5, 0.6) is 0 Å². The van der Waals surface area contributed by atoms with E-state index in [0.717, 1.165) is 11.3 Å². The van der Waals surface area contributed by atoms with Crippen LogP contribution < -0.4 is 11.1 Å². The van der Waals surface area contributed by atoms with Crippen molar-refractivity contribution in [1.29, 1.82) is 0 Å². The van der Waals surface area contributed by atoms with Gasteiger partial charge in [0.15, 0.2) is 17.5 Å². The van der Waals surface area contributed by atoms with Crippen LogP contribution in [-0.4, -0.2) is 66.4 Å². The van der Waals surface area contributed by atoms with E-state index < -0.39 is 33.7 Å². The fourth-order valence-corrected chi connectivity index (χ4v) is 4.41. The molecule has 14 nitrogen and oxygen atoms in total. The van der Waals surface area contributed by atoms with E-state index in [2.05, 4.69) is 25.8 Å². The highest BCUT2D eigenvalue weighted by Crippen LogP contribution is 2.34. The second kappa shape index (κ2) is 7.62. The standard InChI is InChI=1S/C14H18N8O6S2/c1-14(2)10(12(24)22(14)30(25,26)27)17-11(23)9(8-6-29-13(15)16-8)19-28-5-7-4-21(3)20-18-7/h4,6,10H,5H2,1-3H3,(H2,15,16)(H,17,23)(H,25,26,27)/b19-9-/t10-/m1/s1. The maximum Gasteiger partial charge on any atom is 0.362 e. The van der Waals surface area contributed by atoms with Crippen molar-refractivity contribution in [1.82, 2.24) is 29.6 Å². The Bertz CT molecular complexity index is 1120. The van der Waals surface area contributed by atoms with Crippen LogP contribution in [0.15, 0.2) is 16.7 Å². The molecular weight excluding hydrogens is 440 g/mol. The fourth-order valence-electron chi connectivity index (χ4n) is 2.83. The number of oxime groups is 1. The number of anilines is 1. The highest BCUT2D eigenvalue weighted by Gasteiger charge is 2.60. The van der Waals surface area contributed by atoms with Gasteiger partial charge in [-0.1, -0.05) is 10.4 Å². The molecule has 2 aromatic heterocycles. The number of nitrogens with two attached hydrogens (primary N) is 1. The molecule has 3 rings (SSSR count). The number of hydrogen-bond donors (Lipinski definition) is 3. The Morgan fingerprint density at radius 2 is 2.20 bits per heavy atom. The SMILES string of the molecule is Cn1cc(CO/N=C(\C(=O)N[C@@H]2C(=O)N(S(=O)(=O)O)C2(C)C)c2csc(N)n2)nn1. The van der Waals surface area contributed by atoms with Crippen LogP contribution in [0.25, 0.3) is 0 Å². The molecule has 1 fully saturated rings. The van der Waals surface area contributed by atoms with E-state index in [1.165, 1.54) is 23.9 Å². The van der Waals surface area contributed by atoms with Crippen molar-refractivity contribution >= 4 is 44.3 Å². The number of nitrogen functional groups attached to an aromatic ring is 1. The molecule has 1 atom stereocenters. The Labute approximate surface area is 174 Å². The summed E-state index contributed by atoms with van der Waals surface area (Å²) in [5.74, 6) is -1.84. The molecular formula is C14H18N8O6S2. The molecule has 2 aromatic rings. The number of carbonyl (C=O) groups is 2. The van der Waals surface area contributed by atoms with Crippen LogP contribution in [0.2, 0.25) is 0 Å². The number of aryl methyl sites for hydroxylation is 1. The maximum absolute atomic E-state index is 12.8. The Balaban J connectivity index is 1.79. The first kappa shape index (κ1) is 21.6. The molecule has 0 aliphatic carbocycles. The first-order chi connectivity index (χ1) is 13.9.